The van der Waals surface area contributed by atoms with Gasteiger partial charge in [-0.1, -0.05) is 0 Å². The van der Waals surface area contributed by atoms with Crippen molar-refractivity contribution in [2.45, 2.75) is 13.0 Å². The Morgan fingerprint density at radius 2 is 2.64 bits per heavy atom. The zero-order valence-electron chi connectivity index (χ0n) is 5.78. The fourth-order valence-electron chi connectivity index (χ4n) is 0.595. The lowest BCUT2D eigenvalue weighted by Crippen LogP contribution is -1.96. The first-order chi connectivity index (χ1) is 5.24. The van der Waals surface area contributed by atoms with E-state index in [-0.39, 0.29) is 6.10 Å². The number of hydrogen-bond acceptors (Lipinski definition) is 4. The zero-order chi connectivity index (χ0) is 8.27. The van der Waals surface area contributed by atoms with Crippen molar-refractivity contribution < 1.29 is 9.53 Å². The normalized spacial score (nSPS) is 12.5. The van der Waals surface area contributed by atoms with Crippen LogP contribution in [0.5, 0.6) is 0 Å². The Balaban J connectivity index is 2.67. The zero-order valence-corrected chi connectivity index (χ0v) is 8.18. The summed E-state index contributed by atoms with van der Waals surface area (Å²) >= 11 is 4.66. The molecule has 0 aliphatic carbocycles. The van der Waals surface area contributed by atoms with Gasteiger partial charge in [0, 0.05) is 5.38 Å². The Morgan fingerprint density at radius 1 is 1.91 bits per heavy atom. The lowest BCUT2D eigenvalue weighted by molar-refractivity contribution is -0.133. The average Bonchev–Trinajstić information content (AvgIpc) is 2.36. The minimum absolute atomic E-state index is 0.246. The van der Waals surface area contributed by atoms with Gasteiger partial charge in [0.15, 0.2) is 6.10 Å². The smallest absolute Gasteiger partial charge is 0.293 e. The summed E-state index contributed by atoms with van der Waals surface area (Å²) in [5, 5.41) is 2.64. The third-order valence-electron chi connectivity index (χ3n) is 1.10. The quantitative estimate of drug-likeness (QED) is 0.754. The first kappa shape index (κ1) is 8.67. The van der Waals surface area contributed by atoms with Crippen molar-refractivity contribution >= 4 is 33.7 Å². The monoisotopic (exact) mass is 235 g/mol. The highest BCUT2D eigenvalue weighted by molar-refractivity contribution is 9.10. The molecule has 0 radical (unpaired) electrons. The molecule has 0 amide bonds. The van der Waals surface area contributed by atoms with E-state index in [2.05, 4.69) is 25.7 Å². The second-order valence-corrected chi connectivity index (χ2v) is 3.59. The van der Waals surface area contributed by atoms with Crippen LogP contribution in [0.1, 0.15) is 18.0 Å². The van der Waals surface area contributed by atoms with E-state index in [4.69, 9.17) is 0 Å². The summed E-state index contributed by atoms with van der Waals surface area (Å²) in [4.78, 5) is 14.0. The van der Waals surface area contributed by atoms with Crippen molar-refractivity contribution in [2.24, 2.45) is 0 Å². The highest BCUT2D eigenvalue weighted by Crippen LogP contribution is 2.22. The fourth-order valence-corrected chi connectivity index (χ4v) is 1.85. The molecule has 0 bridgehead atoms. The van der Waals surface area contributed by atoms with Gasteiger partial charge in [0.2, 0.25) is 0 Å². The molecule has 5 heteroatoms. The summed E-state index contributed by atoms with van der Waals surface area (Å²) in [6.45, 7) is 2.21. The molecule has 3 nitrogen and oxygen atoms in total. The average molecular weight is 236 g/mol. The van der Waals surface area contributed by atoms with Crippen LogP contribution in [-0.4, -0.2) is 11.5 Å². The summed E-state index contributed by atoms with van der Waals surface area (Å²) in [5.74, 6) is 0. The molecule has 1 heterocycles. The van der Waals surface area contributed by atoms with Crippen molar-refractivity contribution in [1.82, 2.24) is 4.98 Å². The molecular formula is C6H6BrNO2S. The van der Waals surface area contributed by atoms with Gasteiger partial charge in [-0.05, 0) is 22.9 Å². The number of hydrogen-bond donors (Lipinski definition) is 0. The van der Waals surface area contributed by atoms with Crippen LogP contribution in [0, 0.1) is 0 Å². The minimum atomic E-state index is -0.246. The molecule has 11 heavy (non-hydrogen) atoms. The number of carbonyl (C=O) groups is 1. The Morgan fingerprint density at radius 3 is 3.09 bits per heavy atom. The summed E-state index contributed by atoms with van der Waals surface area (Å²) in [7, 11) is 0. The highest BCUT2D eigenvalue weighted by Gasteiger charge is 2.09. The predicted molar refractivity (Wildman–Crippen MR) is 45.4 cm³/mol. The van der Waals surface area contributed by atoms with Crippen LogP contribution < -0.4 is 0 Å². The number of aromatic nitrogens is 1. The molecule has 0 saturated heterocycles. The number of thiazole rings is 1. The SMILES string of the molecule is CC(OC=O)c1nc(Br)cs1. The highest BCUT2D eigenvalue weighted by atomic mass is 79.9. The molecule has 0 N–H and O–H groups in total. The van der Waals surface area contributed by atoms with Gasteiger partial charge in [0.05, 0.1) is 0 Å². The van der Waals surface area contributed by atoms with E-state index in [9.17, 15) is 4.79 Å². The Hall–Kier alpha value is -0.420. The number of halogens is 1. The third kappa shape index (κ3) is 2.27. The van der Waals surface area contributed by atoms with E-state index in [0.29, 0.717) is 6.47 Å². The van der Waals surface area contributed by atoms with Gasteiger partial charge in [0.25, 0.3) is 6.47 Å². The van der Waals surface area contributed by atoms with Crippen molar-refractivity contribution in [1.29, 1.82) is 0 Å². The van der Waals surface area contributed by atoms with Crippen LogP contribution in [0.2, 0.25) is 0 Å². The second kappa shape index (κ2) is 3.82. The molecule has 0 aliphatic heterocycles. The van der Waals surface area contributed by atoms with E-state index in [1.807, 2.05) is 5.38 Å². The van der Waals surface area contributed by atoms with Crippen molar-refractivity contribution in [2.75, 3.05) is 0 Å². The van der Waals surface area contributed by atoms with Gasteiger partial charge in [-0.15, -0.1) is 11.3 Å². The number of carbonyl (C=O) groups excluding carboxylic acids is 1. The molecule has 1 rings (SSSR count). The Bertz CT molecular complexity index is 250. The standard InChI is InChI=1S/C6H6BrNO2S/c1-4(10-3-9)6-8-5(7)2-11-6/h2-4H,1H3. The molecule has 0 aromatic carbocycles. The van der Waals surface area contributed by atoms with Gasteiger partial charge in [0.1, 0.15) is 9.61 Å². The van der Waals surface area contributed by atoms with E-state index in [1.54, 1.807) is 6.92 Å². The molecule has 1 aromatic rings. The summed E-state index contributed by atoms with van der Waals surface area (Å²) in [5.41, 5.74) is 0. The van der Waals surface area contributed by atoms with E-state index < -0.39 is 0 Å². The molecule has 0 saturated carbocycles. The molecule has 0 fully saturated rings. The van der Waals surface area contributed by atoms with Crippen LogP contribution in [0.15, 0.2) is 9.98 Å². The molecule has 0 aliphatic rings. The topological polar surface area (TPSA) is 39.2 Å². The summed E-state index contributed by atoms with van der Waals surface area (Å²) in [6, 6.07) is 0. The van der Waals surface area contributed by atoms with Gasteiger partial charge in [-0.25, -0.2) is 4.98 Å². The number of nitrogens with zero attached hydrogens (tertiary/aromatic N) is 1. The first-order valence-corrected chi connectivity index (χ1v) is 4.61. The molecular weight excluding hydrogens is 230 g/mol. The first-order valence-electron chi connectivity index (χ1n) is 2.94. The van der Waals surface area contributed by atoms with Crippen LogP contribution in [-0.2, 0) is 9.53 Å². The van der Waals surface area contributed by atoms with E-state index >= 15 is 0 Å². The minimum Gasteiger partial charge on any atom is -0.457 e. The number of ether oxygens (including phenoxy) is 1. The molecule has 1 aromatic heterocycles. The Labute approximate surface area is 76.5 Å². The van der Waals surface area contributed by atoms with E-state index in [1.165, 1.54) is 11.3 Å². The second-order valence-electron chi connectivity index (χ2n) is 1.88. The largest absolute Gasteiger partial charge is 0.457 e. The lowest BCUT2D eigenvalue weighted by Gasteiger charge is -2.03. The van der Waals surface area contributed by atoms with Gasteiger partial charge >= 0.3 is 0 Å². The molecule has 1 atom stereocenters. The maximum absolute atomic E-state index is 9.94. The van der Waals surface area contributed by atoms with E-state index in [0.717, 1.165) is 9.61 Å². The third-order valence-corrected chi connectivity index (χ3v) is 2.82. The van der Waals surface area contributed by atoms with Crippen LogP contribution in [0.4, 0.5) is 0 Å². The lowest BCUT2D eigenvalue weighted by atomic mass is 10.4. The van der Waals surface area contributed by atoms with Crippen molar-refractivity contribution in [3.05, 3.63) is 15.0 Å². The molecule has 60 valence electrons. The fraction of sp³-hybridized carbons (Fsp3) is 0.333. The molecule has 1 unspecified atom stereocenters. The summed E-state index contributed by atoms with van der Waals surface area (Å²) < 4.78 is 5.46. The van der Waals surface area contributed by atoms with Crippen LogP contribution in [0.3, 0.4) is 0 Å². The van der Waals surface area contributed by atoms with Crippen molar-refractivity contribution in [3.63, 3.8) is 0 Å². The maximum Gasteiger partial charge on any atom is 0.293 e. The van der Waals surface area contributed by atoms with Gasteiger partial charge < -0.3 is 4.74 Å². The maximum atomic E-state index is 9.94. The van der Waals surface area contributed by atoms with Crippen molar-refractivity contribution in [3.8, 4) is 0 Å². The summed E-state index contributed by atoms with van der Waals surface area (Å²) in [6.07, 6.45) is -0.246. The van der Waals surface area contributed by atoms with Crippen LogP contribution in [0.25, 0.3) is 0 Å². The van der Waals surface area contributed by atoms with Gasteiger partial charge in [-0.2, -0.15) is 0 Å². The predicted octanol–water partition coefficient (Wildman–Crippen LogP) is 2.14. The molecule has 0 spiro atoms. The Kier molecular flexibility index (Phi) is 3.02. The van der Waals surface area contributed by atoms with Gasteiger partial charge in [-0.3, -0.25) is 4.79 Å². The number of rotatable bonds is 3. The van der Waals surface area contributed by atoms with Crippen LogP contribution >= 0.6 is 27.3 Å².